The molecule has 3 heteroatoms. The van der Waals surface area contributed by atoms with E-state index in [1.54, 1.807) is 6.07 Å². The van der Waals surface area contributed by atoms with Gasteiger partial charge in [0.1, 0.15) is 11.2 Å². The Morgan fingerprint density at radius 2 is 1.84 bits per heavy atom. The number of benzene rings is 2. The second-order valence-corrected chi connectivity index (χ2v) is 5.78. The van der Waals surface area contributed by atoms with Gasteiger partial charge in [0.15, 0.2) is 16.8 Å². The van der Waals surface area contributed by atoms with Crippen molar-refractivity contribution < 1.29 is 4.42 Å². The molecule has 1 aromatic rings. The van der Waals surface area contributed by atoms with E-state index in [9.17, 15) is 4.79 Å². The summed E-state index contributed by atoms with van der Waals surface area (Å²) in [6.45, 7) is 6.45. The first-order valence-corrected chi connectivity index (χ1v) is 6.29. The lowest BCUT2D eigenvalue weighted by Crippen LogP contribution is -2.10. The third-order valence-corrected chi connectivity index (χ3v) is 3.22. The Labute approximate surface area is 111 Å². The standard InChI is InChI=1S/C16H15NO2/c1-16(2,3)10-4-6-12-14(8-10)19-15-9-11(18)5-7-13(15)17-12/h4-9H,1-3H3. The van der Waals surface area contributed by atoms with Gasteiger partial charge < -0.3 is 4.42 Å². The van der Waals surface area contributed by atoms with Crippen molar-refractivity contribution in [1.82, 2.24) is 4.98 Å². The van der Waals surface area contributed by atoms with E-state index in [1.165, 1.54) is 17.7 Å². The number of nitrogens with zero attached hydrogens (tertiary/aromatic N) is 1. The third kappa shape index (κ3) is 2.12. The molecule has 1 aromatic carbocycles. The molecule has 0 unspecified atom stereocenters. The Bertz CT molecular complexity index is 781. The van der Waals surface area contributed by atoms with Crippen molar-refractivity contribution in [3.05, 3.63) is 52.2 Å². The van der Waals surface area contributed by atoms with Crippen LogP contribution in [0.25, 0.3) is 22.6 Å². The molecule has 0 N–H and O–H groups in total. The molecule has 0 aromatic heterocycles. The molecule has 0 atom stereocenters. The van der Waals surface area contributed by atoms with Gasteiger partial charge in [0.05, 0.1) is 0 Å². The average molecular weight is 253 g/mol. The highest BCUT2D eigenvalue weighted by atomic mass is 16.3. The Morgan fingerprint density at radius 3 is 2.58 bits per heavy atom. The largest absolute Gasteiger partial charge is 0.453 e. The van der Waals surface area contributed by atoms with Crippen LogP contribution in [-0.4, -0.2) is 4.98 Å². The molecule has 0 amide bonds. The first kappa shape index (κ1) is 11.9. The van der Waals surface area contributed by atoms with Crippen molar-refractivity contribution in [2.24, 2.45) is 0 Å². The van der Waals surface area contributed by atoms with Crippen LogP contribution in [0.3, 0.4) is 0 Å². The molecule has 1 heterocycles. The highest BCUT2D eigenvalue weighted by Crippen LogP contribution is 2.28. The van der Waals surface area contributed by atoms with Gasteiger partial charge in [-0.3, -0.25) is 4.79 Å². The first-order valence-electron chi connectivity index (χ1n) is 6.29. The van der Waals surface area contributed by atoms with E-state index in [4.69, 9.17) is 4.42 Å². The molecule has 0 saturated carbocycles. The predicted molar refractivity (Wildman–Crippen MR) is 75.6 cm³/mol. The van der Waals surface area contributed by atoms with Gasteiger partial charge in [0.25, 0.3) is 0 Å². The lowest BCUT2D eigenvalue weighted by atomic mass is 9.87. The molecular formula is C16H15NO2. The topological polar surface area (TPSA) is 43.1 Å². The zero-order chi connectivity index (χ0) is 13.6. The zero-order valence-electron chi connectivity index (χ0n) is 11.2. The summed E-state index contributed by atoms with van der Waals surface area (Å²) in [7, 11) is 0. The van der Waals surface area contributed by atoms with Crippen molar-refractivity contribution >= 4 is 11.1 Å². The van der Waals surface area contributed by atoms with Crippen LogP contribution >= 0.6 is 0 Å². The van der Waals surface area contributed by atoms with Crippen LogP contribution in [0.2, 0.25) is 0 Å². The average Bonchev–Trinajstić information content (AvgIpc) is 2.34. The van der Waals surface area contributed by atoms with E-state index in [0.717, 1.165) is 5.52 Å². The molecule has 0 radical (unpaired) electrons. The van der Waals surface area contributed by atoms with E-state index in [0.29, 0.717) is 17.0 Å². The Kier molecular flexibility index (Phi) is 2.45. The van der Waals surface area contributed by atoms with Gasteiger partial charge in [0.2, 0.25) is 0 Å². The predicted octanol–water partition coefficient (Wildman–Crippen LogP) is 3.59. The van der Waals surface area contributed by atoms with Gasteiger partial charge in [-0.05, 0) is 35.2 Å². The van der Waals surface area contributed by atoms with Crippen molar-refractivity contribution in [3.8, 4) is 11.5 Å². The molecule has 96 valence electrons. The lowest BCUT2D eigenvalue weighted by molar-refractivity contribution is 0.581. The Balaban J connectivity index is 2.32. The van der Waals surface area contributed by atoms with Gasteiger partial charge in [-0.1, -0.05) is 26.8 Å². The molecule has 3 nitrogen and oxygen atoms in total. The molecule has 0 fully saturated rings. The summed E-state index contributed by atoms with van der Waals surface area (Å²) in [5.41, 5.74) is 3.40. The summed E-state index contributed by atoms with van der Waals surface area (Å²) in [5.74, 6) is 0.533. The number of rotatable bonds is 0. The molecule has 2 aliphatic rings. The monoisotopic (exact) mass is 253 g/mol. The minimum Gasteiger partial charge on any atom is -0.453 e. The number of hydrogen-bond acceptors (Lipinski definition) is 3. The maximum absolute atomic E-state index is 11.4. The fourth-order valence-corrected chi connectivity index (χ4v) is 2.07. The third-order valence-electron chi connectivity index (χ3n) is 3.22. The van der Waals surface area contributed by atoms with Gasteiger partial charge in [-0.25, -0.2) is 4.98 Å². The van der Waals surface area contributed by atoms with Gasteiger partial charge in [0, 0.05) is 6.07 Å². The SMILES string of the molecule is CC(C)(C)c1ccc2nc3ccc(=O)cc-3oc2c1. The van der Waals surface area contributed by atoms with Crippen LogP contribution in [0.1, 0.15) is 26.3 Å². The van der Waals surface area contributed by atoms with E-state index in [-0.39, 0.29) is 10.8 Å². The molecule has 0 saturated heterocycles. The number of aromatic nitrogens is 1. The van der Waals surface area contributed by atoms with Crippen molar-refractivity contribution in [3.63, 3.8) is 0 Å². The summed E-state index contributed by atoms with van der Waals surface area (Å²) in [6.07, 6.45) is 0. The molecule has 0 spiro atoms. The molecule has 1 aliphatic heterocycles. The van der Waals surface area contributed by atoms with Crippen LogP contribution in [0.4, 0.5) is 0 Å². The summed E-state index contributed by atoms with van der Waals surface area (Å²) in [4.78, 5) is 15.9. The fraction of sp³-hybridized carbons (Fsp3) is 0.250. The van der Waals surface area contributed by atoms with Crippen molar-refractivity contribution in [2.75, 3.05) is 0 Å². The number of hydrogen-bond donors (Lipinski definition) is 0. The number of fused-ring (bicyclic) bond motifs is 2. The Hall–Kier alpha value is -2.16. The second kappa shape index (κ2) is 3.92. The van der Waals surface area contributed by atoms with E-state index in [1.807, 2.05) is 12.1 Å². The normalized spacial score (nSPS) is 12.2. The van der Waals surface area contributed by atoms with Crippen molar-refractivity contribution in [1.29, 1.82) is 0 Å². The summed E-state index contributed by atoms with van der Waals surface area (Å²) >= 11 is 0. The Morgan fingerprint density at radius 1 is 1.05 bits per heavy atom. The van der Waals surface area contributed by atoms with E-state index < -0.39 is 0 Å². The van der Waals surface area contributed by atoms with Gasteiger partial charge in [-0.15, -0.1) is 0 Å². The van der Waals surface area contributed by atoms with E-state index >= 15 is 0 Å². The highest BCUT2D eigenvalue weighted by molar-refractivity contribution is 5.77. The molecule has 1 aliphatic carbocycles. The smallest absolute Gasteiger partial charge is 0.182 e. The molecule has 3 rings (SSSR count). The molecule has 0 bridgehead atoms. The summed E-state index contributed by atoms with van der Waals surface area (Å²) < 4.78 is 5.80. The molecular weight excluding hydrogens is 238 g/mol. The summed E-state index contributed by atoms with van der Waals surface area (Å²) in [5, 5.41) is 0. The minimum absolute atomic E-state index is 0.0546. The minimum atomic E-state index is -0.0654. The second-order valence-electron chi connectivity index (χ2n) is 5.78. The van der Waals surface area contributed by atoms with Crippen molar-refractivity contribution in [2.45, 2.75) is 26.2 Å². The first-order chi connectivity index (χ1) is 8.93. The highest BCUT2D eigenvalue weighted by Gasteiger charge is 2.16. The van der Waals surface area contributed by atoms with Gasteiger partial charge >= 0.3 is 0 Å². The van der Waals surface area contributed by atoms with Crippen LogP contribution < -0.4 is 5.43 Å². The van der Waals surface area contributed by atoms with E-state index in [2.05, 4.69) is 31.8 Å². The zero-order valence-corrected chi connectivity index (χ0v) is 11.2. The van der Waals surface area contributed by atoms with Crippen LogP contribution in [0.15, 0.2) is 45.6 Å². The van der Waals surface area contributed by atoms with Gasteiger partial charge in [-0.2, -0.15) is 0 Å². The maximum Gasteiger partial charge on any atom is 0.182 e. The molecule has 19 heavy (non-hydrogen) atoms. The summed E-state index contributed by atoms with van der Waals surface area (Å²) in [6, 6.07) is 10.7. The lowest BCUT2D eigenvalue weighted by Gasteiger charge is -2.19. The fourth-order valence-electron chi connectivity index (χ4n) is 2.07. The maximum atomic E-state index is 11.4. The van der Waals surface area contributed by atoms with Crippen LogP contribution in [-0.2, 0) is 5.41 Å². The van der Waals surface area contributed by atoms with Crippen LogP contribution in [0.5, 0.6) is 0 Å². The quantitative estimate of drug-likeness (QED) is 0.575. The van der Waals surface area contributed by atoms with Crippen LogP contribution in [0, 0.1) is 0 Å².